The molecule has 1 saturated heterocycles. The summed E-state index contributed by atoms with van der Waals surface area (Å²) >= 11 is 5.38. The zero-order valence-electron chi connectivity index (χ0n) is 8.84. The predicted octanol–water partition coefficient (Wildman–Crippen LogP) is 1.77. The number of alkyl carbamates (subject to hydrolysis) is 1. The highest BCUT2D eigenvalue weighted by atomic mass is 35.5. The summed E-state index contributed by atoms with van der Waals surface area (Å²) in [5.74, 6) is 1.01. The summed E-state index contributed by atoms with van der Waals surface area (Å²) in [6, 6.07) is 0. The number of hydrogen-bond acceptors (Lipinski definition) is 3. The predicted molar refractivity (Wildman–Crippen MR) is 58.2 cm³/mol. The lowest BCUT2D eigenvalue weighted by atomic mass is 9.97. The Bertz CT molecular complexity index is 184. The van der Waals surface area contributed by atoms with Gasteiger partial charge >= 0.3 is 6.09 Å². The molecular formula is C10H18ClNO3. The average Bonchev–Trinajstić information content (AvgIpc) is 2.28. The highest BCUT2D eigenvalue weighted by Gasteiger charge is 2.13. The van der Waals surface area contributed by atoms with Crippen molar-refractivity contribution in [2.75, 3.05) is 32.2 Å². The highest BCUT2D eigenvalue weighted by Crippen LogP contribution is 2.17. The summed E-state index contributed by atoms with van der Waals surface area (Å²) in [5, 5.41) is 2.70. The molecule has 0 radical (unpaired) electrons. The van der Waals surface area contributed by atoms with E-state index in [0.29, 0.717) is 18.3 Å². The maximum Gasteiger partial charge on any atom is 0.407 e. The molecule has 0 spiro atoms. The Balaban J connectivity index is 1.97. The molecule has 1 N–H and O–H groups in total. The van der Waals surface area contributed by atoms with Crippen molar-refractivity contribution in [3.8, 4) is 0 Å². The Labute approximate surface area is 95.3 Å². The number of hydrogen-bond donors (Lipinski definition) is 1. The Morgan fingerprint density at radius 2 is 2.20 bits per heavy atom. The van der Waals surface area contributed by atoms with Gasteiger partial charge < -0.3 is 14.8 Å². The fourth-order valence-electron chi connectivity index (χ4n) is 1.60. The van der Waals surface area contributed by atoms with Gasteiger partial charge in [0.15, 0.2) is 0 Å². The van der Waals surface area contributed by atoms with Crippen molar-refractivity contribution < 1.29 is 14.3 Å². The van der Waals surface area contributed by atoms with Crippen molar-refractivity contribution in [1.29, 1.82) is 0 Å². The van der Waals surface area contributed by atoms with E-state index in [0.717, 1.165) is 32.5 Å². The van der Waals surface area contributed by atoms with Gasteiger partial charge in [-0.1, -0.05) is 0 Å². The Kier molecular flexibility index (Phi) is 6.52. The number of halogens is 1. The quantitative estimate of drug-likeness (QED) is 0.739. The third-order valence-corrected chi connectivity index (χ3v) is 2.63. The van der Waals surface area contributed by atoms with Crippen LogP contribution in [0.4, 0.5) is 4.79 Å². The number of carbonyl (C=O) groups excluding carboxylic acids is 1. The average molecular weight is 236 g/mol. The maximum absolute atomic E-state index is 11.0. The molecule has 15 heavy (non-hydrogen) atoms. The molecule has 0 aromatic heterocycles. The number of nitrogens with one attached hydrogen (secondary N) is 1. The summed E-state index contributed by atoms with van der Waals surface area (Å²) in [5.41, 5.74) is 0. The minimum absolute atomic E-state index is 0.269. The minimum atomic E-state index is -0.372. The van der Waals surface area contributed by atoms with Crippen molar-refractivity contribution in [3.63, 3.8) is 0 Å². The Hall–Kier alpha value is -0.480. The van der Waals surface area contributed by atoms with Gasteiger partial charge in [0.25, 0.3) is 0 Å². The summed E-state index contributed by atoms with van der Waals surface area (Å²) in [7, 11) is 0. The normalized spacial score (nSPS) is 17.4. The van der Waals surface area contributed by atoms with Crippen LogP contribution in [0.15, 0.2) is 0 Å². The van der Waals surface area contributed by atoms with Crippen LogP contribution in [-0.4, -0.2) is 38.3 Å². The second-order valence-electron chi connectivity index (χ2n) is 3.60. The molecular weight excluding hydrogens is 218 g/mol. The van der Waals surface area contributed by atoms with Gasteiger partial charge in [-0.3, -0.25) is 0 Å². The molecule has 0 aromatic carbocycles. The van der Waals surface area contributed by atoms with Gasteiger partial charge in [-0.25, -0.2) is 4.79 Å². The molecule has 1 aliphatic heterocycles. The van der Waals surface area contributed by atoms with Crippen molar-refractivity contribution in [2.45, 2.75) is 19.3 Å². The van der Waals surface area contributed by atoms with E-state index in [2.05, 4.69) is 5.32 Å². The number of alkyl halides is 1. The molecule has 5 heteroatoms. The van der Waals surface area contributed by atoms with Crippen molar-refractivity contribution in [1.82, 2.24) is 5.32 Å². The van der Waals surface area contributed by atoms with Gasteiger partial charge in [0, 0.05) is 19.8 Å². The van der Waals surface area contributed by atoms with Crippen LogP contribution in [0.3, 0.4) is 0 Å². The standard InChI is InChI=1S/C10H18ClNO3/c11-4-8-15-10(13)12-5-1-9-2-6-14-7-3-9/h9H,1-8H2,(H,12,13). The zero-order valence-corrected chi connectivity index (χ0v) is 9.59. The largest absolute Gasteiger partial charge is 0.448 e. The second-order valence-corrected chi connectivity index (χ2v) is 3.97. The Morgan fingerprint density at radius 1 is 1.47 bits per heavy atom. The maximum atomic E-state index is 11.0. The first-order valence-corrected chi connectivity index (χ1v) is 5.90. The number of ether oxygens (including phenoxy) is 2. The summed E-state index contributed by atoms with van der Waals surface area (Å²) in [6.45, 7) is 2.64. The smallest absolute Gasteiger partial charge is 0.407 e. The van der Waals surface area contributed by atoms with Crippen LogP contribution in [0.2, 0.25) is 0 Å². The fourth-order valence-corrected chi connectivity index (χ4v) is 1.67. The topological polar surface area (TPSA) is 47.6 Å². The first-order chi connectivity index (χ1) is 7.33. The van der Waals surface area contributed by atoms with Crippen LogP contribution >= 0.6 is 11.6 Å². The molecule has 1 heterocycles. The molecule has 0 aliphatic carbocycles. The van der Waals surface area contributed by atoms with Crippen LogP contribution in [0.25, 0.3) is 0 Å². The van der Waals surface area contributed by atoms with Crippen LogP contribution in [0.1, 0.15) is 19.3 Å². The minimum Gasteiger partial charge on any atom is -0.448 e. The third kappa shape index (κ3) is 5.85. The molecule has 88 valence electrons. The van der Waals surface area contributed by atoms with Crippen molar-refractivity contribution in [2.24, 2.45) is 5.92 Å². The second kappa shape index (κ2) is 7.77. The lowest BCUT2D eigenvalue weighted by Crippen LogP contribution is -2.28. The van der Waals surface area contributed by atoms with E-state index < -0.39 is 0 Å². The third-order valence-electron chi connectivity index (χ3n) is 2.47. The molecule has 1 aliphatic rings. The van der Waals surface area contributed by atoms with Gasteiger partial charge in [0.1, 0.15) is 6.61 Å². The summed E-state index contributed by atoms with van der Waals surface area (Å²) in [6.07, 6.45) is 2.82. The lowest BCUT2D eigenvalue weighted by molar-refractivity contribution is 0.0638. The summed E-state index contributed by atoms with van der Waals surface area (Å²) < 4.78 is 10.0. The van der Waals surface area contributed by atoms with E-state index in [9.17, 15) is 4.79 Å². The molecule has 1 amide bonds. The zero-order chi connectivity index (χ0) is 10.9. The van der Waals surface area contributed by atoms with Crippen LogP contribution < -0.4 is 5.32 Å². The van der Waals surface area contributed by atoms with E-state index in [1.54, 1.807) is 0 Å². The molecule has 1 rings (SSSR count). The first-order valence-electron chi connectivity index (χ1n) is 5.37. The van der Waals surface area contributed by atoms with E-state index in [1.165, 1.54) is 0 Å². The van der Waals surface area contributed by atoms with E-state index in [1.807, 2.05) is 0 Å². The van der Waals surface area contributed by atoms with Crippen molar-refractivity contribution in [3.05, 3.63) is 0 Å². The van der Waals surface area contributed by atoms with Crippen LogP contribution in [0.5, 0.6) is 0 Å². The van der Waals surface area contributed by atoms with Gasteiger partial charge in [0.2, 0.25) is 0 Å². The van der Waals surface area contributed by atoms with E-state index in [4.69, 9.17) is 21.1 Å². The van der Waals surface area contributed by atoms with Crippen molar-refractivity contribution >= 4 is 17.7 Å². The van der Waals surface area contributed by atoms with Crippen LogP contribution in [0, 0.1) is 5.92 Å². The first kappa shape index (κ1) is 12.6. The van der Waals surface area contributed by atoms with E-state index in [-0.39, 0.29) is 12.7 Å². The molecule has 0 bridgehead atoms. The molecule has 1 fully saturated rings. The molecule has 0 unspecified atom stereocenters. The Morgan fingerprint density at radius 3 is 2.87 bits per heavy atom. The molecule has 0 saturated carbocycles. The highest BCUT2D eigenvalue weighted by molar-refractivity contribution is 6.18. The molecule has 4 nitrogen and oxygen atoms in total. The lowest BCUT2D eigenvalue weighted by Gasteiger charge is -2.21. The monoisotopic (exact) mass is 235 g/mol. The number of carbonyl (C=O) groups is 1. The van der Waals surface area contributed by atoms with Gasteiger partial charge in [0.05, 0.1) is 5.88 Å². The summed E-state index contributed by atoms with van der Waals surface area (Å²) in [4.78, 5) is 11.0. The number of rotatable bonds is 5. The fraction of sp³-hybridized carbons (Fsp3) is 0.900. The van der Waals surface area contributed by atoms with Gasteiger partial charge in [-0.15, -0.1) is 11.6 Å². The molecule has 0 aromatic rings. The van der Waals surface area contributed by atoms with Gasteiger partial charge in [-0.2, -0.15) is 0 Å². The van der Waals surface area contributed by atoms with Gasteiger partial charge in [-0.05, 0) is 25.2 Å². The molecule has 0 atom stereocenters. The SMILES string of the molecule is O=C(NCCC1CCOCC1)OCCCl. The van der Waals surface area contributed by atoms with E-state index >= 15 is 0 Å². The number of amides is 1. The van der Waals surface area contributed by atoms with Crippen LogP contribution in [-0.2, 0) is 9.47 Å².